The van der Waals surface area contributed by atoms with Gasteiger partial charge in [0.25, 0.3) is 5.91 Å². The average Bonchev–Trinajstić information content (AvgIpc) is 3.07. The molecule has 1 unspecified atom stereocenters. The van der Waals surface area contributed by atoms with Crippen molar-refractivity contribution < 1.29 is 19.1 Å². The second-order valence-electron chi connectivity index (χ2n) is 11.3. The molecule has 0 spiro atoms. The Morgan fingerprint density at radius 2 is 1.25 bits per heavy atom. The minimum atomic E-state index is -0.380. The molecule has 3 aliphatic rings. The van der Waals surface area contributed by atoms with E-state index < -0.39 is 0 Å². The molecule has 3 aromatic rings. The van der Waals surface area contributed by atoms with E-state index in [1.165, 1.54) is 0 Å². The van der Waals surface area contributed by atoms with Crippen molar-refractivity contribution in [1.29, 1.82) is 0 Å². The highest BCUT2D eigenvalue weighted by Crippen LogP contribution is 2.24. The minimum absolute atomic E-state index is 0.00773. The van der Waals surface area contributed by atoms with E-state index in [2.05, 4.69) is 39.3 Å². The molecule has 3 saturated heterocycles. The molecule has 2 N–H and O–H groups in total. The number of rotatable bonds is 6. The standard InChI is InChI=1S/C31H39N9O4/c1-22-21-40(12-11-37(22)2)28(41)24-5-9-26(10-6-24)33-31(42)32-25-7-3-23(4-8-25)27-34-29(38-13-17-43-18-14-38)36-30(35-27)39-15-19-44-20-16-39/h3-10,22H,11-21H2,1-2H3,(H2,32,33,42). The Bertz CT molecular complexity index is 1410. The number of anilines is 4. The fourth-order valence-corrected chi connectivity index (χ4v) is 5.40. The molecule has 0 bridgehead atoms. The first kappa shape index (κ1) is 29.7. The molecule has 232 valence electrons. The lowest BCUT2D eigenvalue weighted by Gasteiger charge is -2.37. The molecule has 13 nitrogen and oxygen atoms in total. The Morgan fingerprint density at radius 3 is 1.77 bits per heavy atom. The summed E-state index contributed by atoms with van der Waals surface area (Å²) in [5, 5.41) is 5.70. The first-order valence-electron chi connectivity index (χ1n) is 15.1. The van der Waals surface area contributed by atoms with Crippen LogP contribution in [-0.4, -0.2) is 122 Å². The van der Waals surface area contributed by atoms with Crippen LogP contribution in [0, 0.1) is 0 Å². The number of hydrogen-bond acceptors (Lipinski definition) is 10. The number of morpholine rings is 2. The lowest BCUT2D eigenvalue weighted by molar-refractivity contribution is 0.0572. The van der Waals surface area contributed by atoms with E-state index in [1.807, 2.05) is 29.2 Å². The number of amides is 3. The van der Waals surface area contributed by atoms with Gasteiger partial charge in [-0.05, 0) is 62.5 Å². The number of urea groups is 1. The first-order chi connectivity index (χ1) is 21.4. The molecule has 0 aliphatic carbocycles. The van der Waals surface area contributed by atoms with Gasteiger partial charge in [0.2, 0.25) is 11.9 Å². The molecule has 3 fully saturated rings. The van der Waals surface area contributed by atoms with Gasteiger partial charge in [-0.15, -0.1) is 0 Å². The van der Waals surface area contributed by atoms with Crippen LogP contribution in [0.5, 0.6) is 0 Å². The maximum Gasteiger partial charge on any atom is 0.323 e. The summed E-state index contributed by atoms with van der Waals surface area (Å²) < 4.78 is 11.0. The van der Waals surface area contributed by atoms with Crippen molar-refractivity contribution in [2.24, 2.45) is 0 Å². The third-order valence-corrected chi connectivity index (χ3v) is 8.24. The summed E-state index contributed by atoms with van der Waals surface area (Å²) in [6, 6.07) is 14.3. The number of nitrogens with zero attached hydrogens (tertiary/aromatic N) is 7. The first-order valence-corrected chi connectivity index (χ1v) is 15.1. The van der Waals surface area contributed by atoms with Crippen LogP contribution in [0.1, 0.15) is 17.3 Å². The van der Waals surface area contributed by atoms with Gasteiger partial charge < -0.3 is 39.7 Å². The Hall–Kier alpha value is -4.33. The molecule has 13 heteroatoms. The van der Waals surface area contributed by atoms with Crippen molar-refractivity contribution in [2.45, 2.75) is 13.0 Å². The van der Waals surface area contributed by atoms with Gasteiger partial charge in [-0.25, -0.2) is 4.79 Å². The zero-order chi connectivity index (χ0) is 30.5. The third kappa shape index (κ3) is 7.07. The van der Waals surface area contributed by atoms with Gasteiger partial charge in [-0.2, -0.15) is 15.0 Å². The van der Waals surface area contributed by atoms with E-state index in [0.717, 1.165) is 38.3 Å². The van der Waals surface area contributed by atoms with Crippen molar-refractivity contribution >= 4 is 35.2 Å². The smallest absolute Gasteiger partial charge is 0.323 e. The normalized spacial score (nSPS) is 19.5. The molecule has 2 aromatic carbocycles. The second-order valence-corrected chi connectivity index (χ2v) is 11.3. The van der Waals surface area contributed by atoms with Crippen LogP contribution >= 0.6 is 0 Å². The van der Waals surface area contributed by atoms with Crippen LogP contribution in [0.25, 0.3) is 11.4 Å². The van der Waals surface area contributed by atoms with Crippen LogP contribution in [-0.2, 0) is 9.47 Å². The third-order valence-electron chi connectivity index (χ3n) is 8.24. The molecular weight excluding hydrogens is 562 g/mol. The summed E-state index contributed by atoms with van der Waals surface area (Å²) in [7, 11) is 2.08. The molecule has 3 amide bonds. The lowest BCUT2D eigenvalue weighted by atomic mass is 10.1. The van der Waals surface area contributed by atoms with Gasteiger partial charge >= 0.3 is 6.03 Å². The van der Waals surface area contributed by atoms with Gasteiger partial charge in [-0.1, -0.05) is 0 Å². The molecule has 4 heterocycles. The maximum atomic E-state index is 12.9. The second kappa shape index (κ2) is 13.5. The number of piperazine rings is 1. The monoisotopic (exact) mass is 601 g/mol. The molecule has 44 heavy (non-hydrogen) atoms. The van der Waals surface area contributed by atoms with Gasteiger partial charge in [0.1, 0.15) is 0 Å². The number of ether oxygens (including phenoxy) is 2. The quantitative estimate of drug-likeness (QED) is 0.435. The van der Waals surface area contributed by atoms with Crippen LogP contribution in [0.3, 0.4) is 0 Å². The summed E-state index contributed by atoms with van der Waals surface area (Å²) in [5.74, 6) is 1.84. The van der Waals surface area contributed by atoms with E-state index in [0.29, 0.717) is 80.2 Å². The number of carbonyl (C=O) groups is 2. The Kier molecular flexibility index (Phi) is 9.15. The zero-order valence-electron chi connectivity index (χ0n) is 25.2. The minimum Gasteiger partial charge on any atom is -0.378 e. The maximum absolute atomic E-state index is 12.9. The lowest BCUT2D eigenvalue weighted by Crippen LogP contribution is -2.52. The van der Waals surface area contributed by atoms with Gasteiger partial charge in [0.15, 0.2) is 5.82 Å². The largest absolute Gasteiger partial charge is 0.378 e. The summed E-state index contributed by atoms with van der Waals surface area (Å²) in [4.78, 5) is 48.4. The van der Waals surface area contributed by atoms with Crippen molar-refractivity contribution in [3.05, 3.63) is 54.1 Å². The highest BCUT2D eigenvalue weighted by Gasteiger charge is 2.25. The van der Waals surface area contributed by atoms with Gasteiger partial charge in [0.05, 0.1) is 26.4 Å². The molecule has 0 radical (unpaired) electrons. The number of aromatic nitrogens is 3. The molecule has 3 aliphatic heterocycles. The summed E-state index contributed by atoms with van der Waals surface area (Å²) in [6.45, 7) is 9.80. The zero-order valence-corrected chi connectivity index (χ0v) is 25.2. The predicted octanol–water partition coefficient (Wildman–Crippen LogP) is 2.63. The fraction of sp³-hybridized carbons (Fsp3) is 0.452. The van der Waals surface area contributed by atoms with E-state index in [4.69, 9.17) is 24.4 Å². The van der Waals surface area contributed by atoms with Crippen LogP contribution in [0.4, 0.5) is 28.1 Å². The predicted molar refractivity (Wildman–Crippen MR) is 168 cm³/mol. The summed E-state index contributed by atoms with van der Waals surface area (Å²) >= 11 is 0. The molecule has 6 rings (SSSR count). The van der Waals surface area contributed by atoms with Gasteiger partial charge in [-0.3, -0.25) is 4.79 Å². The Balaban J connectivity index is 1.09. The number of carbonyl (C=O) groups excluding carboxylic acids is 2. The Morgan fingerprint density at radius 1 is 0.727 bits per heavy atom. The molecule has 1 atom stereocenters. The molecular formula is C31H39N9O4. The SMILES string of the molecule is CC1CN(C(=O)c2ccc(NC(=O)Nc3ccc(-c4nc(N5CCOCC5)nc(N5CCOCC5)n4)cc3)cc2)CCN1C. The van der Waals surface area contributed by atoms with Crippen molar-refractivity contribution in [3.63, 3.8) is 0 Å². The fourth-order valence-electron chi connectivity index (χ4n) is 5.40. The topological polar surface area (TPSA) is 128 Å². The van der Waals surface area contributed by atoms with Crippen LogP contribution in [0.15, 0.2) is 48.5 Å². The van der Waals surface area contributed by atoms with Crippen molar-refractivity contribution in [2.75, 3.05) is 99.7 Å². The van der Waals surface area contributed by atoms with Crippen LogP contribution < -0.4 is 20.4 Å². The number of nitrogens with one attached hydrogen (secondary N) is 2. The van der Waals surface area contributed by atoms with E-state index >= 15 is 0 Å². The summed E-state index contributed by atoms with van der Waals surface area (Å²) in [5.41, 5.74) is 2.64. The molecule has 1 aromatic heterocycles. The molecule has 0 saturated carbocycles. The average molecular weight is 602 g/mol. The van der Waals surface area contributed by atoms with E-state index in [9.17, 15) is 9.59 Å². The van der Waals surface area contributed by atoms with Crippen molar-refractivity contribution in [1.82, 2.24) is 24.8 Å². The summed E-state index contributed by atoms with van der Waals surface area (Å²) in [6.07, 6.45) is 0. The van der Waals surface area contributed by atoms with Gasteiger partial charge in [0, 0.05) is 74.4 Å². The van der Waals surface area contributed by atoms with E-state index in [1.54, 1.807) is 24.3 Å². The number of hydrogen-bond donors (Lipinski definition) is 2. The van der Waals surface area contributed by atoms with Crippen LogP contribution in [0.2, 0.25) is 0 Å². The van der Waals surface area contributed by atoms with E-state index in [-0.39, 0.29) is 11.9 Å². The number of benzene rings is 2. The highest BCUT2D eigenvalue weighted by atomic mass is 16.5. The highest BCUT2D eigenvalue weighted by molar-refractivity contribution is 6.00. The van der Waals surface area contributed by atoms with Crippen molar-refractivity contribution in [3.8, 4) is 11.4 Å². The Labute approximate surface area is 257 Å². The number of likely N-dealkylation sites (N-methyl/N-ethyl adjacent to an activating group) is 1.